The number of likely N-dealkylation sites (N-methyl/N-ethyl adjacent to an activating group) is 2. The van der Waals surface area contributed by atoms with E-state index in [-0.39, 0.29) is 48.4 Å². The van der Waals surface area contributed by atoms with Crippen molar-refractivity contribution < 1.29 is 53.6 Å². The van der Waals surface area contributed by atoms with Crippen LogP contribution in [0.15, 0.2) is 24.3 Å². The molecule has 2 aromatic rings. The summed E-state index contributed by atoms with van der Waals surface area (Å²) in [4.78, 5) is 17.2. The van der Waals surface area contributed by atoms with Crippen LogP contribution in [0.5, 0.6) is 23.0 Å². The number of rotatable bonds is 4. The zero-order valence-corrected chi connectivity index (χ0v) is 36.0. The molecule has 2 saturated carbocycles. The molecule has 13 nitrogen and oxygen atoms in total. The van der Waals surface area contributed by atoms with Crippen molar-refractivity contribution in [1.29, 1.82) is 0 Å². The second kappa shape index (κ2) is 14.3. The highest BCUT2D eigenvalue weighted by atomic mass is 16.7. The molecule has 59 heavy (non-hydrogen) atoms. The summed E-state index contributed by atoms with van der Waals surface area (Å²) in [5.41, 5.74) is 1.75. The van der Waals surface area contributed by atoms with Gasteiger partial charge in [0.2, 0.25) is 5.79 Å². The number of hydrogen-bond donors (Lipinski definition) is 4. The van der Waals surface area contributed by atoms with Crippen molar-refractivity contribution in [3.63, 3.8) is 0 Å². The molecule has 12 atom stereocenters. The highest BCUT2D eigenvalue weighted by Gasteiger charge is 2.78. The van der Waals surface area contributed by atoms with Crippen LogP contribution in [0.3, 0.4) is 0 Å². The van der Waals surface area contributed by atoms with E-state index in [4.69, 9.17) is 38.6 Å². The predicted molar refractivity (Wildman–Crippen MR) is 217 cm³/mol. The number of benzene rings is 2. The van der Waals surface area contributed by atoms with Crippen molar-refractivity contribution in [2.75, 3.05) is 41.4 Å². The molecule has 11 rings (SSSR count). The van der Waals surface area contributed by atoms with Crippen molar-refractivity contribution >= 4 is 5.78 Å². The second-order valence-corrected chi connectivity index (χ2v) is 19.3. The summed E-state index contributed by atoms with van der Waals surface area (Å²) in [5, 5.41) is 41.2. The number of aliphatic hydroxyl groups excluding tert-OH is 2. The van der Waals surface area contributed by atoms with Crippen molar-refractivity contribution in [2.24, 2.45) is 0 Å². The van der Waals surface area contributed by atoms with E-state index in [1.54, 1.807) is 28.1 Å². The van der Waals surface area contributed by atoms with E-state index in [1.165, 1.54) is 11.1 Å². The fourth-order valence-electron chi connectivity index (χ4n) is 13.6. The monoisotopic (exact) mass is 820 g/mol. The highest BCUT2D eigenvalue weighted by molar-refractivity contribution is 5.90. The van der Waals surface area contributed by atoms with Gasteiger partial charge in [0.05, 0.1) is 60.7 Å². The quantitative estimate of drug-likeness (QED) is 0.355. The lowest BCUT2D eigenvalue weighted by atomic mass is 9.48. The second-order valence-electron chi connectivity index (χ2n) is 19.3. The maximum atomic E-state index is 12.7. The minimum atomic E-state index is -0.900. The Morgan fingerprint density at radius 2 is 1.25 bits per heavy atom. The van der Waals surface area contributed by atoms with Crippen LogP contribution in [-0.4, -0.2) is 143 Å². The van der Waals surface area contributed by atoms with Gasteiger partial charge in [-0.05, 0) is 130 Å². The Morgan fingerprint density at radius 1 is 0.746 bits per heavy atom. The van der Waals surface area contributed by atoms with Crippen LogP contribution >= 0.6 is 0 Å². The van der Waals surface area contributed by atoms with Gasteiger partial charge in [0.15, 0.2) is 41.0 Å². The number of methoxy groups -OCH3 is 2. The average Bonchev–Trinajstić information content (AvgIpc) is 3.73. The number of ether oxygens (including phenoxy) is 6. The number of ketones is 1. The third kappa shape index (κ3) is 5.60. The van der Waals surface area contributed by atoms with Crippen LogP contribution in [0.4, 0.5) is 0 Å². The standard InChI is InChI=1S/C23H31NO5.C18H21NO4.C5H12O2/c1-13-11-14(2)29-23(28-13)8-7-22(25)17-12-15-5-6-16(26-4)19-18(15)21(22,20(23)27-19)9-10-24(17)3;1-19-8-7-17-14-10-3-4-12(22-2)15(14)23-16(17)11(20)5-6-18(17,21)13(19)9-10;1-4(6)3-5(2)7/h5-6,13-14,17,20,25H,7-12H2,1-4H3;3-4,13,16,21H,5-9H2,1-2H3;4-7H,3H2,1-2H3/t13?,14?,17-,20?,21+,22?,23?;13-,16?,17+,18?;/m11./s1. The van der Waals surface area contributed by atoms with Crippen LogP contribution < -0.4 is 18.9 Å². The minimum Gasteiger partial charge on any atom is -0.493 e. The molecule has 4 N–H and O–H groups in total. The van der Waals surface area contributed by atoms with Crippen molar-refractivity contribution in [2.45, 2.75) is 168 Å². The third-order valence-electron chi connectivity index (χ3n) is 15.8. The summed E-state index contributed by atoms with van der Waals surface area (Å²) < 4.78 is 37.2. The SMILES string of the molecule is CC(O)CC(C)O.COc1ccc2c3c1OC1C(=O)CCC4(O)[C@@H](C2)N(C)CC[C@]314.COc1ccc2c3c1OC1C4(CCC5(O)[C@@H](C2)N(C)CC[C@]315)OC(C)CC(C)O4. The molecule has 5 heterocycles. The molecule has 3 saturated heterocycles. The topological polar surface area (TPSA) is 160 Å². The number of Topliss-reactive ketones (excluding diaryl/α,β-unsaturated/α-hetero) is 1. The first kappa shape index (κ1) is 41.3. The minimum absolute atomic E-state index is 0.0438. The van der Waals surface area contributed by atoms with Gasteiger partial charge in [-0.1, -0.05) is 12.1 Å². The molecule has 0 aromatic heterocycles. The van der Waals surface area contributed by atoms with Gasteiger partial charge in [-0.2, -0.15) is 0 Å². The zero-order chi connectivity index (χ0) is 42.0. The van der Waals surface area contributed by atoms with Gasteiger partial charge in [-0.25, -0.2) is 0 Å². The van der Waals surface area contributed by atoms with Crippen molar-refractivity contribution in [3.05, 3.63) is 46.5 Å². The van der Waals surface area contributed by atoms with E-state index >= 15 is 0 Å². The molecule has 3 spiro atoms. The molecule has 9 aliphatic rings. The molecular formula is C46H64N2O11. The number of hydrogen-bond acceptors (Lipinski definition) is 13. The Labute approximate surface area is 347 Å². The van der Waals surface area contributed by atoms with Crippen LogP contribution in [-0.2, 0) is 37.9 Å². The molecular weight excluding hydrogens is 757 g/mol. The Hall–Kier alpha value is -3.01. The summed E-state index contributed by atoms with van der Waals surface area (Å²) in [7, 11) is 7.51. The summed E-state index contributed by atoms with van der Waals surface area (Å²) in [6.45, 7) is 9.34. The maximum absolute atomic E-state index is 12.7. The first-order valence-corrected chi connectivity index (χ1v) is 21.8. The maximum Gasteiger partial charge on any atom is 0.207 e. The number of likely N-dealkylation sites (tertiary alicyclic amines) is 2. The average molecular weight is 821 g/mol. The molecule has 5 fully saturated rings. The number of carbonyl (C=O) groups is 1. The van der Waals surface area contributed by atoms with Gasteiger partial charge in [-0.15, -0.1) is 0 Å². The largest absolute Gasteiger partial charge is 0.493 e. The van der Waals surface area contributed by atoms with E-state index < -0.39 is 33.9 Å². The van der Waals surface area contributed by atoms with Crippen molar-refractivity contribution in [1.82, 2.24) is 9.80 Å². The Kier molecular flexibility index (Phi) is 10.00. The van der Waals surface area contributed by atoms with Crippen LogP contribution in [0.25, 0.3) is 0 Å². The van der Waals surface area contributed by atoms with Gasteiger partial charge in [-0.3, -0.25) is 4.79 Å². The number of piperidine rings is 2. The molecule has 0 amide bonds. The Bertz CT molecular complexity index is 1980. The Morgan fingerprint density at radius 3 is 1.78 bits per heavy atom. The lowest BCUT2D eigenvalue weighted by Gasteiger charge is -2.66. The predicted octanol–water partition coefficient (Wildman–Crippen LogP) is 3.58. The number of fused-ring (bicyclic) bond motifs is 1. The smallest absolute Gasteiger partial charge is 0.207 e. The van der Waals surface area contributed by atoms with Crippen LogP contribution in [0, 0.1) is 0 Å². The first-order valence-electron chi connectivity index (χ1n) is 21.8. The summed E-state index contributed by atoms with van der Waals surface area (Å²) in [6, 6.07) is 8.28. The lowest BCUT2D eigenvalue weighted by molar-refractivity contribution is -0.378. The van der Waals surface area contributed by atoms with E-state index in [0.29, 0.717) is 43.6 Å². The summed E-state index contributed by atoms with van der Waals surface area (Å²) in [6.07, 6.45) is 5.26. The van der Waals surface area contributed by atoms with Crippen LogP contribution in [0.1, 0.15) is 101 Å². The summed E-state index contributed by atoms with van der Waals surface area (Å²) in [5.74, 6) is 2.16. The fraction of sp³-hybridized carbons (Fsp3) is 0.717. The fourth-order valence-corrected chi connectivity index (χ4v) is 13.6. The molecule has 5 aliphatic heterocycles. The van der Waals surface area contributed by atoms with Gasteiger partial charge in [0, 0.05) is 36.1 Å². The van der Waals surface area contributed by atoms with Gasteiger partial charge >= 0.3 is 0 Å². The van der Waals surface area contributed by atoms with Crippen molar-refractivity contribution in [3.8, 4) is 23.0 Å². The lowest BCUT2D eigenvalue weighted by Crippen LogP contribution is -2.80. The molecule has 4 bridgehead atoms. The normalized spacial score (nSPS) is 41.5. The number of nitrogens with zero attached hydrogens (tertiary/aromatic N) is 2. The van der Waals surface area contributed by atoms with Gasteiger partial charge in [0.1, 0.15) is 0 Å². The molecule has 0 radical (unpaired) electrons. The summed E-state index contributed by atoms with van der Waals surface area (Å²) >= 11 is 0. The molecule has 8 unspecified atom stereocenters. The number of carbonyl (C=O) groups excluding carboxylic acids is 1. The van der Waals surface area contributed by atoms with Gasteiger partial charge in [0.25, 0.3) is 0 Å². The zero-order valence-electron chi connectivity index (χ0n) is 36.0. The first-order chi connectivity index (χ1) is 28.0. The van der Waals surface area contributed by atoms with E-state index in [9.17, 15) is 15.0 Å². The third-order valence-corrected chi connectivity index (χ3v) is 15.8. The van der Waals surface area contributed by atoms with E-state index in [2.05, 4.69) is 49.9 Å². The molecule has 4 aliphatic carbocycles. The van der Waals surface area contributed by atoms with E-state index in [0.717, 1.165) is 67.8 Å². The highest BCUT2D eigenvalue weighted by Crippen LogP contribution is 2.69. The molecule has 324 valence electrons. The van der Waals surface area contributed by atoms with Crippen LogP contribution in [0.2, 0.25) is 0 Å². The van der Waals surface area contributed by atoms with Gasteiger partial charge < -0.3 is 58.6 Å². The van der Waals surface area contributed by atoms with E-state index in [1.807, 2.05) is 12.1 Å². The number of aliphatic hydroxyl groups is 4. The Balaban J connectivity index is 0.000000134. The molecule has 2 aromatic carbocycles. The molecule has 13 heteroatoms.